The standard InChI is InChI=1S/C16H18N2OS/c19-16(4-2-12-5-6-20-11-12)18-8-13-1-3-14-9-17-10-15(14)7-13/h1,3,5-7,11,17H,2,4,8-10H2,(H,18,19). The lowest BCUT2D eigenvalue weighted by molar-refractivity contribution is -0.121. The predicted molar refractivity (Wildman–Crippen MR) is 81.5 cm³/mol. The normalized spacial score (nSPS) is 13.2. The minimum atomic E-state index is 0.120. The number of nitrogens with one attached hydrogen (secondary N) is 2. The van der Waals surface area contributed by atoms with Crippen LogP contribution in [0.15, 0.2) is 35.0 Å². The summed E-state index contributed by atoms with van der Waals surface area (Å²) in [6.07, 6.45) is 1.38. The monoisotopic (exact) mass is 286 g/mol. The van der Waals surface area contributed by atoms with E-state index >= 15 is 0 Å². The molecule has 3 nitrogen and oxygen atoms in total. The lowest BCUT2D eigenvalue weighted by atomic mass is 10.1. The number of carbonyl (C=O) groups excluding carboxylic acids is 1. The van der Waals surface area contributed by atoms with E-state index in [4.69, 9.17) is 0 Å². The summed E-state index contributed by atoms with van der Waals surface area (Å²) < 4.78 is 0. The Labute approximate surface area is 123 Å². The Balaban J connectivity index is 1.48. The predicted octanol–water partition coefficient (Wildman–Crippen LogP) is 2.60. The highest BCUT2D eigenvalue weighted by molar-refractivity contribution is 7.07. The van der Waals surface area contributed by atoms with Gasteiger partial charge in [-0.1, -0.05) is 18.2 Å². The third-order valence-electron chi connectivity index (χ3n) is 3.61. The fourth-order valence-corrected chi connectivity index (χ4v) is 3.14. The molecule has 2 aromatic rings. The van der Waals surface area contributed by atoms with Crippen LogP contribution in [-0.2, 0) is 30.8 Å². The van der Waals surface area contributed by atoms with E-state index in [1.165, 1.54) is 22.3 Å². The molecule has 20 heavy (non-hydrogen) atoms. The summed E-state index contributed by atoms with van der Waals surface area (Å²) in [6, 6.07) is 8.52. The number of rotatable bonds is 5. The first-order chi connectivity index (χ1) is 9.81. The zero-order valence-electron chi connectivity index (χ0n) is 11.3. The summed E-state index contributed by atoms with van der Waals surface area (Å²) in [5, 5.41) is 10.5. The molecule has 0 unspecified atom stereocenters. The SMILES string of the molecule is O=C(CCc1ccsc1)NCc1ccc2c(c1)CNC2. The Morgan fingerprint density at radius 2 is 2.10 bits per heavy atom. The number of aryl methyl sites for hydroxylation is 1. The van der Waals surface area contributed by atoms with E-state index in [-0.39, 0.29) is 5.91 Å². The highest BCUT2D eigenvalue weighted by Crippen LogP contribution is 2.17. The molecule has 0 saturated carbocycles. The maximum Gasteiger partial charge on any atom is 0.220 e. The molecule has 0 radical (unpaired) electrons. The van der Waals surface area contributed by atoms with Gasteiger partial charge < -0.3 is 10.6 Å². The Bertz CT molecular complexity index is 593. The second kappa shape index (κ2) is 6.20. The van der Waals surface area contributed by atoms with Crippen molar-refractivity contribution in [2.75, 3.05) is 0 Å². The molecule has 0 saturated heterocycles. The minimum absolute atomic E-state index is 0.120. The largest absolute Gasteiger partial charge is 0.352 e. The highest BCUT2D eigenvalue weighted by Gasteiger charge is 2.10. The number of fused-ring (bicyclic) bond motifs is 1. The first kappa shape index (κ1) is 13.3. The molecule has 1 aromatic heterocycles. The Hall–Kier alpha value is -1.65. The number of hydrogen-bond donors (Lipinski definition) is 2. The Morgan fingerprint density at radius 3 is 2.95 bits per heavy atom. The molecular weight excluding hydrogens is 268 g/mol. The van der Waals surface area contributed by atoms with Crippen LogP contribution in [-0.4, -0.2) is 5.91 Å². The first-order valence-corrected chi connectivity index (χ1v) is 7.85. The second-order valence-corrected chi connectivity index (χ2v) is 5.89. The summed E-state index contributed by atoms with van der Waals surface area (Å²) in [6.45, 7) is 2.52. The van der Waals surface area contributed by atoms with E-state index in [0.29, 0.717) is 13.0 Å². The molecule has 3 rings (SSSR count). The minimum Gasteiger partial charge on any atom is -0.352 e. The van der Waals surface area contributed by atoms with Gasteiger partial charge >= 0.3 is 0 Å². The van der Waals surface area contributed by atoms with Crippen molar-refractivity contribution in [1.29, 1.82) is 0 Å². The van der Waals surface area contributed by atoms with E-state index in [1.54, 1.807) is 11.3 Å². The van der Waals surface area contributed by atoms with Crippen molar-refractivity contribution in [2.24, 2.45) is 0 Å². The van der Waals surface area contributed by atoms with E-state index in [2.05, 4.69) is 40.3 Å². The van der Waals surface area contributed by atoms with Crippen LogP contribution in [0.3, 0.4) is 0 Å². The second-order valence-electron chi connectivity index (χ2n) is 5.11. The van der Waals surface area contributed by atoms with Crippen LogP contribution in [0, 0.1) is 0 Å². The van der Waals surface area contributed by atoms with Gasteiger partial charge in [0.05, 0.1) is 0 Å². The van der Waals surface area contributed by atoms with Crippen molar-refractivity contribution >= 4 is 17.2 Å². The number of hydrogen-bond acceptors (Lipinski definition) is 3. The maximum atomic E-state index is 11.8. The van der Waals surface area contributed by atoms with Crippen LogP contribution in [0.1, 0.15) is 28.7 Å². The van der Waals surface area contributed by atoms with Crippen LogP contribution < -0.4 is 10.6 Å². The first-order valence-electron chi connectivity index (χ1n) is 6.90. The highest BCUT2D eigenvalue weighted by atomic mass is 32.1. The Kier molecular flexibility index (Phi) is 4.14. The lowest BCUT2D eigenvalue weighted by Crippen LogP contribution is -2.23. The van der Waals surface area contributed by atoms with E-state index < -0.39 is 0 Å². The molecule has 0 spiro atoms. The summed E-state index contributed by atoms with van der Waals surface area (Å²) in [5.74, 6) is 0.120. The lowest BCUT2D eigenvalue weighted by Gasteiger charge is -2.07. The van der Waals surface area contributed by atoms with Gasteiger partial charge in [-0.2, -0.15) is 11.3 Å². The molecule has 0 aliphatic carbocycles. The number of amides is 1. The van der Waals surface area contributed by atoms with Gasteiger partial charge in [0.25, 0.3) is 0 Å². The van der Waals surface area contributed by atoms with Gasteiger partial charge in [-0.15, -0.1) is 0 Å². The van der Waals surface area contributed by atoms with Gasteiger partial charge in [0.15, 0.2) is 0 Å². The van der Waals surface area contributed by atoms with Crippen LogP contribution in [0.4, 0.5) is 0 Å². The molecule has 1 aromatic carbocycles. The topological polar surface area (TPSA) is 41.1 Å². The molecule has 0 bridgehead atoms. The fraction of sp³-hybridized carbons (Fsp3) is 0.312. The number of benzene rings is 1. The molecule has 4 heteroatoms. The van der Waals surface area contributed by atoms with Gasteiger partial charge in [0.2, 0.25) is 5.91 Å². The van der Waals surface area contributed by atoms with Gasteiger partial charge in [-0.25, -0.2) is 0 Å². The fourth-order valence-electron chi connectivity index (χ4n) is 2.44. The van der Waals surface area contributed by atoms with E-state index in [1.807, 2.05) is 5.38 Å². The van der Waals surface area contributed by atoms with Crippen LogP contribution >= 0.6 is 11.3 Å². The number of thiophene rings is 1. The zero-order chi connectivity index (χ0) is 13.8. The van der Waals surface area contributed by atoms with Crippen LogP contribution in [0.5, 0.6) is 0 Å². The average molecular weight is 286 g/mol. The zero-order valence-corrected chi connectivity index (χ0v) is 12.1. The molecule has 1 aliphatic rings. The number of carbonyl (C=O) groups is 1. The van der Waals surface area contributed by atoms with Crippen molar-refractivity contribution in [3.8, 4) is 0 Å². The average Bonchev–Trinajstić information content (AvgIpc) is 3.13. The third-order valence-corrected chi connectivity index (χ3v) is 4.34. The summed E-state index contributed by atoms with van der Waals surface area (Å²) >= 11 is 1.68. The molecule has 104 valence electrons. The molecule has 1 amide bonds. The molecule has 0 atom stereocenters. The van der Waals surface area contributed by atoms with E-state index in [9.17, 15) is 4.79 Å². The van der Waals surface area contributed by atoms with Crippen molar-refractivity contribution in [1.82, 2.24) is 10.6 Å². The van der Waals surface area contributed by atoms with Crippen LogP contribution in [0.25, 0.3) is 0 Å². The Morgan fingerprint density at radius 1 is 1.20 bits per heavy atom. The molecule has 2 N–H and O–H groups in total. The molecular formula is C16H18N2OS. The van der Waals surface area contributed by atoms with E-state index in [0.717, 1.165) is 19.5 Å². The summed E-state index contributed by atoms with van der Waals surface area (Å²) in [4.78, 5) is 11.8. The molecule has 2 heterocycles. The van der Waals surface area contributed by atoms with Crippen molar-refractivity contribution < 1.29 is 4.79 Å². The van der Waals surface area contributed by atoms with Gasteiger partial charge in [0.1, 0.15) is 0 Å². The van der Waals surface area contributed by atoms with Crippen molar-refractivity contribution in [2.45, 2.75) is 32.5 Å². The quantitative estimate of drug-likeness (QED) is 0.887. The smallest absolute Gasteiger partial charge is 0.220 e. The van der Waals surface area contributed by atoms with Crippen molar-refractivity contribution in [3.05, 3.63) is 57.3 Å². The molecule has 1 aliphatic heterocycles. The summed E-state index contributed by atoms with van der Waals surface area (Å²) in [7, 11) is 0. The molecule has 0 fully saturated rings. The summed E-state index contributed by atoms with van der Waals surface area (Å²) in [5.41, 5.74) is 5.15. The van der Waals surface area contributed by atoms with Gasteiger partial charge in [-0.05, 0) is 45.5 Å². The van der Waals surface area contributed by atoms with Crippen LogP contribution in [0.2, 0.25) is 0 Å². The van der Waals surface area contributed by atoms with Crippen molar-refractivity contribution in [3.63, 3.8) is 0 Å². The van der Waals surface area contributed by atoms with Gasteiger partial charge in [-0.3, -0.25) is 4.79 Å². The maximum absolute atomic E-state index is 11.8. The third kappa shape index (κ3) is 3.26. The van der Waals surface area contributed by atoms with Gasteiger partial charge in [0, 0.05) is 26.1 Å².